The first kappa shape index (κ1) is 18.4. The van der Waals surface area contributed by atoms with Crippen LogP contribution in [0.4, 0.5) is 5.13 Å². The first-order chi connectivity index (χ1) is 13.6. The van der Waals surface area contributed by atoms with Crippen LogP contribution in [0.25, 0.3) is 10.2 Å². The highest BCUT2D eigenvalue weighted by atomic mass is 32.1. The van der Waals surface area contributed by atoms with E-state index in [1.54, 1.807) is 18.9 Å². The number of rotatable bonds is 4. The predicted octanol–water partition coefficient (Wildman–Crippen LogP) is 3.78. The van der Waals surface area contributed by atoms with E-state index in [2.05, 4.69) is 16.4 Å². The van der Waals surface area contributed by atoms with Crippen molar-refractivity contribution in [2.75, 3.05) is 19.0 Å². The summed E-state index contributed by atoms with van der Waals surface area (Å²) in [6.07, 6.45) is 1.01. The second kappa shape index (κ2) is 7.59. The topological polar surface area (TPSA) is 71.5 Å². The van der Waals surface area contributed by atoms with Crippen molar-refractivity contribution in [1.29, 1.82) is 0 Å². The number of hydrogen-bond acceptors (Lipinski definition) is 5. The number of aromatic nitrogens is 1. The third kappa shape index (κ3) is 3.45. The van der Waals surface area contributed by atoms with Crippen LogP contribution in [0, 0.1) is 0 Å². The lowest BCUT2D eigenvalue weighted by Crippen LogP contribution is -2.40. The number of nitrogens with zero attached hydrogens (tertiary/aromatic N) is 2. The van der Waals surface area contributed by atoms with Crippen molar-refractivity contribution in [3.8, 4) is 5.75 Å². The number of amides is 2. The smallest absolute Gasteiger partial charge is 0.228 e. The molecule has 1 N–H and O–H groups in total. The molecule has 0 radical (unpaired) electrons. The lowest BCUT2D eigenvalue weighted by molar-refractivity contribution is -0.132. The summed E-state index contributed by atoms with van der Waals surface area (Å²) in [4.78, 5) is 31.2. The highest BCUT2D eigenvalue weighted by Crippen LogP contribution is 2.34. The molecule has 7 heteroatoms. The molecule has 2 heterocycles. The van der Waals surface area contributed by atoms with E-state index in [0.717, 1.165) is 22.2 Å². The summed E-state index contributed by atoms with van der Waals surface area (Å²) in [6.45, 7) is 2.18. The van der Waals surface area contributed by atoms with Crippen molar-refractivity contribution in [3.63, 3.8) is 0 Å². The molecule has 3 aromatic rings. The van der Waals surface area contributed by atoms with Gasteiger partial charge in [0.25, 0.3) is 0 Å². The monoisotopic (exact) mass is 395 g/mol. The molecular weight excluding hydrogens is 374 g/mol. The maximum absolute atomic E-state index is 12.8. The van der Waals surface area contributed by atoms with Gasteiger partial charge < -0.3 is 15.0 Å². The number of ether oxygens (including phenoxy) is 1. The van der Waals surface area contributed by atoms with Gasteiger partial charge in [-0.05, 0) is 29.7 Å². The minimum absolute atomic E-state index is 0.0166. The molecule has 6 nitrogen and oxygen atoms in total. The summed E-state index contributed by atoms with van der Waals surface area (Å²) in [5, 5.41) is 3.43. The van der Waals surface area contributed by atoms with Crippen LogP contribution in [0.2, 0.25) is 0 Å². The van der Waals surface area contributed by atoms with E-state index in [9.17, 15) is 9.59 Å². The zero-order valence-electron chi connectivity index (χ0n) is 15.8. The van der Waals surface area contributed by atoms with Crippen LogP contribution in [0.5, 0.6) is 5.75 Å². The summed E-state index contributed by atoms with van der Waals surface area (Å²) >= 11 is 1.41. The molecule has 1 atom stereocenters. The molecule has 4 rings (SSSR count). The van der Waals surface area contributed by atoms with E-state index in [-0.39, 0.29) is 24.3 Å². The molecule has 2 amide bonds. The minimum atomic E-state index is -0.258. The Morgan fingerprint density at radius 1 is 1.25 bits per heavy atom. The van der Waals surface area contributed by atoms with Gasteiger partial charge in [0.05, 0.1) is 24.3 Å². The molecule has 1 unspecified atom stereocenters. The SMILES string of the molecule is COc1cccc2sc(NC(=O)CC3c4ccccc4CCN3C(C)=O)nc12. The molecule has 0 saturated carbocycles. The summed E-state index contributed by atoms with van der Waals surface area (Å²) in [5.41, 5.74) is 2.98. The highest BCUT2D eigenvalue weighted by molar-refractivity contribution is 7.22. The Labute approximate surface area is 167 Å². The van der Waals surface area contributed by atoms with Crippen molar-refractivity contribution in [2.45, 2.75) is 25.8 Å². The van der Waals surface area contributed by atoms with Crippen molar-refractivity contribution >= 4 is 38.5 Å². The Bertz CT molecular complexity index is 1050. The van der Waals surface area contributed by atoms with Gasteiger partial charge in [-0.2, -0.15) is 0 Å². The zero-order valence-corrected chi connectivity index (χ0v) is 16.6. The number of thiazole rings is 1. The van der Waals surface area contributed by atoms with E-state index in [4.69, 9.17) is 4.74 Å². The Morgan fingerprint density at radius 2 is 2.07 bits per heavy atom. The highest BCUT2D eigenvalue weighted by Gasteiger charge is 2.30. The summed E-state index contributed by atoms with van der Waals surface area (Å²) in [7, 11) is 1.60. The second-order valence-corrected chi connectivity index (χ2v) is 7.79. The average Bonchev–Trinajstić information content (AvgIpc) is 3.10. The number of benzene rings is 2. The number of carbonyl (C=O) groups is 2. The van der Waals surface area contributed by atoms with E-state index >= 15 is 0 Å². The maximum atomic E-state index is 12.8. The molecule has 0 aliphatic carbocycles. The van der Waals surface area contributed by atoms with E-state index in [1.807, 2.05) is 36.4 Å². The number of fused-ring (bicyclic) bond motifs is 2. The van der Waals surface area contributed by atoms with Gasteiger partial charge in [-0.15, -0.1) is 0 Å². The molecule has 0 fully saturated rings. The van der Waals surface area contributed by atoms with Gasteiger partial charge in [0.1, 0.15) is 11.3 Å². The fourth-order valence-corrected chi connectivity index (χ4v) is 4.64. The van der Waals surface area contributed by atoms with Gasteiger partial charge in [-0.3, -0.25) is 9.59 Å². The third-order valence-electron chi connectivity index (χ3n) is 5.04. The van der Waals surface area contributed by atoms with E-state index in [0.29, 0.717) is 17.4 Å². The molecule has 1 aliphatic heterocycles. The van der Waals surface area contributed by atoms with Gasteiger partial charge in [0.15, 0.2) is 5.13 Å². The average molecular weight is 395 g/mol. The zero-order chi connectivity index (χ0) is 19.7. The summed E-state index contributed by atoms with van der Waals surface area (Å²) in [5.74, 6) is 0.501. The molecule has 0 bridgehead atoms. The predicted molar refractivity (Wildman–Crippen MR) is 110 cm³/mol. The second-order valence-electron chi connectivity index (χ2n) is 6.76. The number of nitrogens with one attached hydrogen (secondary N) is 1. The van der Waals surface area contributed by atoms with Crippen LogP contribution in [0.15, 0.2) is 42.5 Å². The quantitative estimate of drug-likeness (QED) is 0.730. The summed E-state index contributed by atoms with van der Waals surface area (Å²) in [6, 6.07) is 13.4. The van der Waals surface area contributed by atoms with Gasteiger partial charge in [0, 0.05) is 13.5 Å². The molecule has 28 heavy (non-hydrogen) atoms. The van der Waals surface area contributed by atoms with Crippen molar-refractivity contribution in [1.82, 2.24) is 9.88 Å². The first-order valence-electron chi connectivity index (χ1n) is 9.15. The van der Waals surface area contributed by atoms with E-state index < -0.39 is 0 Å². The fourth-order valence-electron chi connectivity index (χ4n) is 3.74. The molecule has 144 valence electrons. The maximum Gasteiger partial charge on any atom is 0.228 e. The first-order valence-corrected chi connectivity index (χ1v) is 9.97. The van der Waals surface area contributed by atoms with Crippen LogP contribution >= 0.6 is 11.3 Å². The van der Waals surface area contributed by atoms with Crippen LogP contribution in [-0.4, -0.2) is 35.4 Å². The summed E-state index contributed by atoms with van der Waals surface area (Å²) < 4.78 is 6.28. The molecule has 0 spiro atoms. The standard InChI is InChI=1S/C21H21N3O3S/c1-13(25)24-11-10-14-6-3-4-7-15(14)16(24)12-19(26)22-21-23-20-17(27-2)8-5-9-18(20)28-21/h3-9,16H,10-12H2,1-2H3,(H,22,23,26). The Hall–Kier alpha value is -2.93. The Kier molecular flexibility index (Phi) is 5.00. The number of hydrogen-bond donors (Lipinski definition) is 1. The molecule has 1 aromatic heterocycles. The van der Waals surface area contributed by atoms with Gasteiger partial charge in [-0.1, -0.05) is 41.7 Å². The van der Waals surface area contributed by atoms with Crippen LogP contribution < -0.4 is 10.1 Å². The Balaban J connectivity index is 1.56. The lowest BCUT2D eigenvalue weighted by atomic mass is 9.90. The van der Waals surface area contributed by atoms with Gasteiger partial charge >= 0.3 is 0 Å². The van der Waals surface area contributed by atoms with Crippen LogP contribution in [0.3, 0.4) is 0 Å². The third-order valence-corrected chi connectivity index (χ3v) is 5.98. The van der Waals surface area contributed by atoms with Crippen molar-refractivity contribution in [2.24, 2.45) is 0 Å². The number of methoxy groups -OCH3 is 1. The normalized spacial score (nSPS) is 15.9. The lowest BCUT2D eigenvalue weighted by Gasteiger charge is -2.36. The molecule has 1 aliphatic rings. The van der Waals surface area contributed by atoms with Crippen LogP contribution in [-0.2, 0) is 16.0 Å². The van der Waals surface area contributed by atoms with Crippen molar-refractivity contribution in [3.05, 3.63) is 53.6 Å². The largest absolute Gasteiger partial charge is 0.494 e. The fraction of sp³-hybridized carbons (Fsp3) is 0.286. The number of carbonyl (C=O) groups excluding carboxylic acids is 2. The molecule has 2 aromatic carbocycles. The van der Waals surface area contributed by atoms with Gasteiger partial charge in [-0.25, -0.2) is 4.98 Å². The van der Waals surface area contributed by atoms with Gasteiger partial charge in [0.2, 0.25) is 11.8 Å². The van der Waals surface area contributed by atoms with Crippen LogP contribution in [0.1, 0.15) is 30.5 Å². The number of para-hydroxylation sites is 1. The van der Waals surface area contributed by atoms with E-state index in [1.165, 1.54) is 16.9 Å². The molecular formula is C21H21N3O3S. The minimum Gasteiger partial charge on any atom is -0.494 e. The Morgan fingerprint density at radius 3 is 2.86 bits per heavy atom. The van der Waals surface area contributed by atoms with Crippen molar-refractivity contribution < 1.29 is 14.3 Å². The number of anilines is 1. The molecule has 0 saturated heterocycles.